The number of pyridine rings is 1. The molecule has 0 radical (unpaired) electrons. The van der Waals surface area contributed by atoms with E-state index in [9.17, 15) is 9.59 Å². The number of urea groups is 1. The third-order valence-corrected chi connectivity index (χ3v) is 7.04. The largest absolute Gasteiger partial charge is 0.342 e. The molecule has 1 aromatic heterocycles. The molecule has 0 aliphatic carbocycles. The summed E-state index contributed by atoms with van der Waals surface area (Å²) in [6, 6.07) is 4.24. The van der Waals surface area contributed by atoms with Crippen LogP contribution in [0.5, 0.6) is 0 Å². The molecule has 29 heavy (non-hydrogen) atoms. The number of hydrogen-bond acceptors (Lipinski definition) is 4. The molecular formula is C22H33N5O2. The highest BCUT2D eigenvalue weighted by Gasteiger charge is 2.42. The summed E-state index contributed by atoms with van der Waals surface area (Å²) in [5.74, 6) is 0.278. The zero-order chi connectivity index (χ0) is 20.3. The maximum Gasteiger partial charge on any atom is 0.320 e. The lowest BCUT2D eigenvalue weighted by Gasteiger charge is -2.48. The van der Waals surface area contributed by atoms with Crippen LogP contribution in [0.2, 0.25) is 0 Å². The molecule has 0 N–H and O–H groups in total. The second kappa shape index (κ2) is 8.69. The molecule has 1 aromatic rings. The van der Waals surface area contributed by atoms with Crippen molar-refractivity contribution in [1.82, 2.24) is 24.6 Å². The monoisotopic (exact) mass is 399 g/mol. The van der Waals surface area contributed by atoms with Crippen molar-refractivity contribution < 1.29 is 9.59 Å². The van der Waals surface area contributed by atoms with E-state index in [1.807, 2.05) is 34.3 Å². The van der Waals surface area contributed by atoms with Crippen LogP contribution in [0.1, 0.15) is 31.2 Å². The van der Waals surface area contributed by atoms with Crippen LogP contribution in [0.3, 0.4) is 0 Å². The Hall–Kier alpha value is -2.15. The number of hydrogen-bond donors (Lipinski definition) is 0. The maximum atomic E-state index is 12.9. The minimum absolute atomic E-state index is 0.186. The zero-order valence-electron chi connectivity index (χ0n) is 17.6. The van der Waals surface area contributed by atoms with Crippen LogP contribution >= 0.6 is 0 Å². The highest BCUT2D eigenvalue weighted by Crippen LogP contribution is 2.40. The van der Waals surface area contributed by atoms with E-state index in [-0.39, 0.29) is 17.4 Å². The normalized spacial score (nSPS) is 22.9. The fraction of sp³-hybridized carbons (Fsp3) is 0.682. The van der Waals surface area contributed by atoms with Crippen LogP contribution < -0.4 is 0 Å². The smallest absolute Gasteiger partial charge is 0.320 e. The minimum Gasteiger partial charge on any atom is -0.342 e. The molecule has 0 bridgehead atoms. The fourth-order valence-electron chi connectivity index (χ4n) is 4.90. The maximum absolute atomic E-state index is 12.9. The average Bonchev–Trinajstić information content (AvgIpc) is 2.76. The van der Waals surface area contributed by atoms with Crippen molar-refractivity contribution in [3.8, 4) is 0 Å². The van der Waals surface area contributed by atoms with E-state index in [1.165, 1.54) is 5.56 Å². The fourth-order valence-corrected chi connectivity index (χ4v) is 4.90. The molecule has 4 rings (SSSR count). The van der Waals surface area contributed by atoms with Crippen LogP contribution in [-0.2, 0) is 11.2 Å². The van der Waals surface area contributed by atoms with Gasteiger partial charge in [0.25, 0.3) is 0 Å². The van der Waals surface area contributed by atoms with Crippen LogP contribution in [-0.4, -0.2) is 95.9 Å². The number of likely N-dealkylation sites (tertiary alicyclic amines) is 2. The summed E-state index contributed by atoms with van der Waals surface area (Å²) in [5.41, 5.74) is 1.41. The number of rotatable bonds is 3. The summed E-state index contributed by atoms with van der Waals surface area (Å²) < 4.78 is 0. The number of aromatic nitrogens is 1. The van der Waals surface area contributed by atoms with E-state index in [4.69, 9.17) is 0 Å². The number of piperidine rings is 2. The highest BCUT2D eigenvalue weighted by atomic mass is 16.2. The first-order chi connectivity index (χ1) is 14.0. The number of nitrogens with zero attached hydrogens (tertiary/aromatic N) is 5. The van der Waals surface area contributed by atoms with Gasteiger partial charge >= 0.3 is 6.03 Å². The van der Waals surface area contributed by atoms with Crippen molar-refractivity contribution in [1.29, 1.82) is 0 Å². The summed E-state index contributed by atoms with van der Waals surface area (Å²) in [6.07, 6.45) is 8.11. The molecule has 1 spiro atoms. The van der Waals surface area contributed by atoms with E-state index in [0.29, 0.717) is 6.42 Å². The number of carbonyl (C=O) groups excluding carboxylic acids is 2. The molecule has 3 aliphatic heterocycles. The standard InChI is InChI=1S/C22H33N5O2/c1-24-14-16-26(17-15-24)21(29)25-12-7-22(8-13-25)6-2-20(28)27(18-22)11-5-19-3-9-23-10-4-19/h3-4,9-10H,2,5-8,11-18H2,1H3. The molecule has 3 aliphatic rings. The van der Waals surface area contributed by atoms with Gasteiger partial charge in [-0.3, -0.25) is 9.78 Å². The van der Waals surface area contributed by atoms with Crippen molar-refractivity contribution >= 4 is 11.9 Å². The number of carbonyl (C=O) groups is 2. The second-order valence-corrected chi connectivity index (χ2v) is 8.98. The van der Waals surface area contributed by atoms with Crippen LogP contribution in [0.4, 0.5) is 4.79 Å². The molecule has 3 amide bonds. The Balaban J connectivity index is 1.30. The molecule has 7 heteroatoms. The van der Waals surface area contributed by atoms with Gasteiger partial charge in [-0.15, -0.1) is 0 Å². The number of amides is 3. The Morgan fingerprint density at radius 3 is 2.34 bits per heavy atom. The van der Waals surface area contributed by atoms with E-state index >= 15 is 0 Å². The molecule has 0 aromatic carbocycles. The predicted molar refractivity (Wildman–Crippen MR) is 111 cm³/mol. The molecule has 158 valence electrons. The topological polar surface area (TPSA) is 60.0 Å². The summed E-state index contributed by atoms with van der Waals surface area (Å²) in [7, 11) is 2.11. The Bertz CT molecular complexity index is 709. The highest BCUT2D eigenvalue weighted by molar-refractivity contribution is 5.77. The van der Waals surface area contributed by atoms with Crippen molar-refractivity contribution in [2.24, 2.45) is 5.41 Å². The molecule has 4 heterocycles. The zero-order valence-corrected chi connectivity index (χ0v) is 17.6. The summed E-state index contributed by atoms with van der Waals surface area (Å²) >= 11 is 0. The van der Waals surface area contributed by atoms with Gasteiger partial charge in [0.2, 0.25) is 5.91 Å². The van der Waals surface area contributed by atoms with E-state index in [1.54, 1.807) is 0 Å². The quantitative estimate of drug-likeness (QED) is 0.776. The summed E-state index contributed by atoms with van der Waals surface area (Å²) in [4.78, 5) is 37.8. The molecule has 0 unspecified atom stereocenters. The molecule has 3 saturated heterocycles. The van der Waals surface area contributed by atoms with Crippen molar-refractivity contribution in [2.75, 3.05) is 59.4 Å². The Morgan fingerprint density at radius 2 is 1.66 bits per heavy atom. The number of piperazine rings is 1. The number of likely N-dealkylation sites (N-methyl/N-ethyl adjacent to an activating group) is 1. The lowest BCUT2D eigenvalue weighted by molar-refractivity contribution is -0.138. The summed E-state index contributed by atoms with van der Waals surface area (Å²) in [5, 5.41) is 0. The van der Waals surface area contributed by atoms with Gasteiger partial charge in [-0.05, 0) is 55.8 Å². The van der Waals surface area contributed by atoms with E-state index in [0.717, 1.165) is 78.0 Å². The van der Waals surface area contributed by atoms with E-state index in [2.05, 4.69) is 21.8 Å². The summed E-state index contributed by atoms with van der Waals surface area (Å²) in [6.45, 7) is 6.82. The Kier molecular flexibility index (Phi) is 6.04. The van der Waals surface area contributed by atoms with Gasteiger partial charge < -0.3 is 19.6 Å². The van der Waals surface area contributed by atoms with Gasteiger partial charge in [-0.2, -0.15) is 0 Å². The first kappa shape index (κ1) is 20.1. The molecule has 0 saturated carbocycles. The van der Waals surface area contributed by atoms with Gasteiger partial charge in [0.15, 0.2) is 0 Å². The van der Waals surface area contributed by atoms with E-state index < -0.39 is 0 Å². The van der Waals surface area contributed by atoms with Crippen LogP contribution in [0, 0.1) is 5.41 Å². The molecule has 0 atom stereocenters. The van der Waals surface area contributed by atoms with Crippen molar-refractivity contribution in [3.63, 3.8) is 0 Å². The van der Waals surface area contributed by atoms with Gasteiger partial charge in [0.1, 0.15) is 0 Å². The first-order valence-electron chi connectivity index (χ1n) is 10.9. The van der Waals surface area contributed by atoms with Gasteiger partial charge in [0, 0.05) is 71.2 Å². The van der Waals surface area contributed by atoms with Gasteiger partial charge in [0.05, 0.1) is 0 Å². The third-order valence-electron chi connectivity index (χ3n) is 7.04. The molecule has 3 fully saturated rings. The Labute approximate surface area is 173 Å². The van der Waals surface area contributed by atoms with Crippen LogP contribution in [0.15, 0.2) is 24.5 Å². The van der Waals surface area contributed by atoms with Gasteiger partial charge in [-0.1, -0.05) is 0 Å². The average molecular weight is 400 g/mol. The first-order valence-corrected chi connectivity index (χ1v) is 10.9. The van der Waals surface area contributed by atoms with Crippen molar-refractivity contribution in [3.05, 3.63) is 30.1 Å². The second-order valence-electron chi connectivity index (χ2n) is 8.98. The van der Waals surface area contributed by atoms with Crippen molar-refractivity contribution in [2.45, 2.75) is 32.1 Å². The Morgan fingerprint density at radius 1 is 1.00 bits per heavy atom. The minimum atomic E-state index is 0.186. The molecular weight excluding hydrogens is 366 g/mol. The lowest BCUT2D eigenvalue weighted by Crippen LogP contribution is -2.56. The lowest BCUT2D eigenvalue weighted by atomic mass is 9.72. The predicted octanol–water partition coefficient (Wildman–Crippen LogP) is 1.70. The third kappa shape index (κ3) is 4.71. The SMILES string of the molecule is CN1CCN(C(=O)N2CCC3(CCC(=O)N(CCc4ccncc4)C3)CC2)CC1. The van der Waals surface area contributed by atoms with Crippen LogP contribution in [0.25, 0.3) is 0 Å². The molecule has 7 nitrogen and oxygen atoms in total. The van der Waals surface area contributed by atoms with Gasteiger partial charge in [-0.25, -0.2) is 4.79 Å².